The van der Waals surface area contributed by atoms with Crippen LogP contribution in [0.25, 0.3) is 11.0 Å². The highest BCUT2D eigenvalue weighted by Gasteiger charge is 2.18. The Balaban J connectivity index is 1.79. The molecule has 0 spiro atoms. The Hall–Kier alpha value is -2.86. The number of fused-ring (bicyclic) bond motifs is 1. The number of rotatable bonds is 4. The van der Waals surface area contributed by atoms with Crippen LogP contribution in [0.2, 0.25) is 0 Å². The van der Waals surface area contributed by atoms with Gasteiger partial charge in [0.15, 0.2) is 22.6 Å². The highest BCUT2D eigenvalue weighted by atomic mass is 19.1. The molecule has 27 heavy (non-hydrogen) atoms. The molecule has 1 aliphatic heterocycles. The smallest absolute Gasteiger partial charge is 0.200 e. The lowest BCUT2D eigenvalue weighted by Gasteiger charge is -2.27. The Morgan fingerprint density at radius 3 is 2.70 bits per heavy atom. The summed E-state index contributed by atoms with van der Waals surface area (Å²) in [6, 6.07) is 11.1. The van der Waals surface area contributed by atoms with Gasteiger partial charge in [0.1, 0.15) is 11.6 Å². The van der Waals surface area contributed by atoms with Crippen molar-refractivity contribution in [3.8, 4) is 11.5 Å². The summed E-state index contributed by atoms with van der Waals surface area (Å²) >= 11 is 0. The second kappa shape index (κ2) is 7.40. The minimum atomic E-state index is -0.307. The fourth-order valence-electron chi connectivity index (χ4n) is 3.20. The quantitative estimate of drug-likeness (QED) is 0.692. The summed E-state index contributed by atoms with van der Waals surface area (Å²) in [5.74, 6) is 1.17. The summed E-state index contributed by atoms with van der Waals surface area (Å²) in [4.78, 5) is 14.6. The summed E-state index contributed by atoms with van der Waals surface area (Å²) in [5.41, 5.74) is 1.01. The van der Waals surface area contributed by atoms with Crippen LogP contribution >= 0.6 is 0 Å². The lowest BCUT2D eigenvalue weighted by atomic mass is 10.1. The first kappa shape index (κ1) is 17.5. The summed E-state index contributed by atoms with van der Waals surface area (Å²) in [6.07, 6.45) is 0.626. The average Bonchev–Trinajstić information content (AvgIpc) is 2.70. The van der Waals surface area contributed by atoms with Gasteiger partial charge < -0.3 is 18.8 Å². The second-order valence-corrected chi connectivity index (χ2v) is 6.39. The minimum Gasteiger partial charge on any atom is -0.453 e. The van der Waals surface area contributed by atoms with Gasteiger partial charge in [-0.2, -0.15) is 0 Å². The molecule has 140 valence electrons. The first-order chi connectivity index (χ1) is 13.2. The third-order valence-corrected chi connectivity index (χ3v) is 4.65. The molecule has 0 aliphatic carbocycles. The molecule has 1 fully saturated rings. The molecule has 5 nitrogen and oxygen atoms in total. The summed E-state index contributed by atoms with van der Waals surface area (Å²) in [5, 5.41) is 0.449. The van der Waals surface area contributed by atoms with Crippen molar-refractivity contribution in [2.45, 2.75) is 13.3 Å². The number of hydrogen-bond acceptors (Lipinski definition) is 5. The van der Waals surface area contributed by atoms with Gasteiger partial charge in [0.2, 0.25) is 0 Å². The molecule has 6 heteroatoms. The highest BCUT2D eigenvalue weighted by Crippen LogP contribution is 2.33. The van der Waals surface area contributed by atoms with Gasteiger partial charge in [-0.25, -0.2) is 4.39 Å². The number of morpholine rings is 1. The second-order valence-electron chi connectivity index (χ2n) is 6.39. The Kier molecular flexibility index (Phi) is 4.81. The van der Waals surface area contributed by atoms with E-state index < -0.39 is 0 Å². The topological polar surface area (TPSA) is 51.9 Å². The number of para-hydroxylation sites is 1. The van der Waals surface area contributed by atoms with Crippen molar-refractivity contribution in [1.29, 1.82) is 0 Å². The number of anilines is 1. The van der Waals surface area contributed by atoms with Crippen LogP contribution in [0.1, 0.15) is 12.5 Å². The van der Waals surface area contributed by atoms with Crippen molar-refractivity contribution in [2.75, 3.05) is 31.2 Å². The Labute approximate surface area is 155 Å². The van der Waals surface area contributed by atoms with Crippen molar-refractivity contribution in [3.63, 3.8) is 0 Å². The lowest BCUT2D eigenvalue weighted by Crippen LogP contribution is -2.36. The molecule has 0 atom stereocenters. The molecule has 0 unspecified atom stereocenters. The van der Waals surface area contributed by atoms with E-state index in [1.54, 1.807) is 24.3 Å². The number of nitrogens with zero attached hydrogens (tertiary/aromatic N) is 1. The van der Waals surface area contributed by atoms with E-state index in [0.29, 0.717) is 61.1 Å². The van der Waals surface area contributed by atoms with E-state index in [9.17, 15) is 9.18 Å². The predicted molar refractivity (Wildman–Crippen MR) is 101 cm³/mol. The molecule has 0 radical (unpaired) electrons. The molecule has 0 saturated carbocycles. The number of halogens is 1. The third kappa shape index (κ3) is 3.53. The molecule has 2 aromatic carbocycles. The third-order valence-electron chi connectivity index (χ3n) is 4.65. The van der Waals surface area contributed by atoms with Crippen LogP contribution in [0, 0.1) is 5.82 Å². The first-order valence-electron chi connectivity index (χ1n) is 9.01. The molecule has 2 heterocycles. The fraction of sp³-hybridized carbons (Fsp3) is 0.286. The molecule has 1 aromatic heterocycles. The van der Waals surface area contributed by atoms with Gasteiger partial charge in [0.25, 0.3) is 0 Å². The van der Waals surface area contributed by atoms with Crippen LogP contribution in [-0.2, 0) is 11.2 Å². The number of benzene rings is 2. The zero-order chi connectivity index (χ0) is 18.8. The van der Waals surface area contributed by atoms with E-state index in [-0.39, 0.29) is 11.2 Å². The van der Waals surface area contributed by atoms with Crippen LogP contribution < -0.4 is 15.1 Å². The Morgan fingerprint density at radius 1 is 1.11 bits per heavy atom. The molecule has 0 bridgehead atoms. The van der Waals surface area contributed by atoms with E-state index >= 15 is 0 Å². The molecule has 1 saturated heterocycles. The molecule has 0 amide bonds. The molecular weight excluding hydrogens is 349 g/mol. The van der Waals surface area contributed by atoms with Gasteiger partial charge in [0, 0.05) is 19.2 Å². The van der Waals surface area contributed by atoms with Crippen molar-refractivity contribution < 1.29 is 18.3 Å². The number of ether oxygens (including phenoxy) is 2. The van der Waals surface area contributed by atoms with E-state index in [4.69, 9.17) is 13.9 Å². The monoisotopic (exact) mass is 369 g/mol. The van der Waals surface area contributed by atoms with E-state index in [0.717, 1.165) is 5.56 Å². The molecular formula is C21H20FNO4. The van der Waals surface area contributed by atoms with Crippen LogP contribution in [0.4, 0.5) is 10.3 Å². The maximum Gasteiger partial charge on any atom is 0.200 e. The van der Waals surface area contributed by atoms with Crippen molar-refractivity contribution in [1.82, 2.24) is 0 Å². The van der Waals surface area contributed by atoms with Crippen molar-refractivity contribution in [2.24, 2.45) is 0 Å². The SMILES string of the molecule is CCc1cc(F)ccc1Oc1cccc2c(=O)cc(N3CCOCC3)oc12. The van der Waals surface area contributed by atoms with Crippen LogP contribution in [-0.4, -0.2) is 26.3 Å². The maximum absolute atomic E-state index is 13.5. The van der Waals surface area contributed by atoms with Crippen LogP contribution in [0.3, 0.4) is 0 Å². The van der Waals surface area contributed by atoms with Gasteiger partial charge in [-0.15, -0.1) is 0 Å². The zero-order valence-electron chi connectivity index (χ0n) is 15.0. The van der Waals surface area contributed by atoms with Gasteiger partial charge in [-0.3, -0.25) is 4.79 Å². The molecule has 1 aliphatic rings. The van der Waals surface area contributed by atoms with Gasteiger partial charge >= 0.3 is 0 Å². The van der Waals surface area contributed by atoms with Crippen molar-refractivity contribution >= 4 is 16.9 Å². The van der Waals surface area contributed by atoms with Crippen LogP contribution in [0.15, 0.2) is 51.7 Å². The summed E-state index contributed by atoms with van der Waals surface area (Å²) < 4.78 is 30.9. The summed E-state index contributed by atoms with van der Waals surface area (Å²) in [7, 11) is 0. The number of hydrogen-bond donors (Lipinski definition) is 0. The van der Waals surface area contributed by atoms with Gasteiger partial charge in [0.05, 0.1) is 18.6 Å². The Morgan fingerprint density at radius 2 is 1.93 bits per heavy atom. The Bertz CT molecular complexity index is 1020. The molecule has 3 aromatic rings. The first-order valence-corrected chi connectivity index (χ1v) is 9.01. The molecule has 0 N–H and O–H groups in total. The fourth-order valence-corrected chi connectivity index (χ4v) is 3.20. The zero-order valence-corrected chi connectivity index (χ0v) is 15.0. The normalized spacial score (nSPS) is 14.5. The van der Waals surface area contributed by atoms with Gasteiger partial charge in [-0.05, 0) is 42.3 Å². The maximum atomic E-state index is 13.5. The molecule has 4 rings (SSSR count). The van der Waals surface area contributed by atoms with Crippen LogP contribution in [0.5, 0.6) is 11.5 Å². The van der Waals surface area contributed by atoms with E-state index in [2.05, 4.69) is 0 Å². The minimum absolute atomic E-state index is 0.127. The number of aryl methyl sites for hydroxylation is 1. The largest absolute Gasteiger partial charge is 0.453 e. The predicted octanol–water partition coefficient (Wildman–Crippen LogP) is 4.12. The van der Waals surface area contributed by atoms with Gasteiger partial charge in [-0.1, -0.05) is 13.0 Å². The summed E-state index contributed by atoms with van der Waals surface area (Å²) in [6.45, 7) is 4.44. The highest BCUT2D eigenvalue weighted by molar-refractivity contribution is 5.83. The lowest BCUT2D eigenvalue weighted by molar-refractivity contribution is 0.121. The standard InChI is InChI=1S/C21H20FNO4/c1-2-14-12-15(22)6-7-18(14)26-19-5-3-4-16-17(24)13-20(27-21(16)19)23-8-10-25-11-9-23/h3-7,12-13H,2,8-11H2,1H3. The van der Waals surface area contributed by atoms with E-state index in [1.807, 2.05) is 11.8 Å². The van der Waals surface area contributed by atoms with Crippen molar-refractivity contribution in [3.05, 3.63) is 64.1 Å². The van der Waals surface area contributed by atoms with E-state index in [1.165, 1.54) is 18.2 Å². The average molecular weight is 369 g/mol.